The zero-order valence-corrected chi connectivity index (χ0v) is 42.0. The molecule has 0 spiro atoms. The molecule has 0 saturated heterocycles. The molecule has 0 N–H and O–H groups in total. The molecule has 0 amide bonds. The molecule has 0 aliphatic heterocycles. The quantitative estimate of drug-likeness (QED) is 0.0650. The van der Waals surface area contributed by atoms with Crippen LogP contribution in [0.25, 0.3) is 0 Å². The van der Waals surface area contributed by atoms with Crippen LogP contribution in [0, 0.1) is 52.4 Å². The van der Waals surface area contributed by atoms with Crippen LogP contribution in [0.3, 0.4) is 0 Å². The van der Waals surface area contributed by atoms with Gasteiger partial charge in [-0.05, 0) is 0 Å². The summed E-state index contributed by atoms with van der Waals surface area (Å²) in [5.41, 5.74) is -15.2. The number of rotatable bonds is 12. The zero-order chi connectivity index (χ0) is 48.8. The molecule has 0 aliphatic carbocycles. The monoisotopic (exact) mass is 1120 g/mol. The van der Waals surface area contributed by atoms with E-state index >= 15 is 39.5 Å². The van der Waals surface area contributed by atoms with E-state index in [2.05, 4.69) is 0 Å². The van der Waals surface area contributed by atoms with Gasteiger partial charge in [0.1, 0.15) is 0 Å². The number of halogens is 11. The summed E-state index contributed by atoms with van der Waals surface area (Å²) in [5.74, 6) is -6.06. The molecule has 0 fully saturated rings. The van der Waals surface area contributed by atoms with E-state index < -0.39 is 79.3 Å². The third kappa shape index (κ3) is 7.61. The number of hydrogen-bond acceptors (Lipinski definition) is 0. The molecule has 0 atom stereocenters. The second kappa shape index (κ2) is 18.9. The van der Waals surface area contributed by atoms with Gasteiger partial charge in [-0.2, -0.15) is 0 Å². The van der Waals surface area contributed by atoms with Gasteiger partial charge >= 0.3 is 404 Å². The van der Waals surface area contributed by atoms with Gasteiger partial charge in [-0.1, -0.05) is 0 Å². The predicted molar refractivity (Wildman–Crippen MR) is 271 cm³/mol. The molecular weight excluding hydrogens is 1080 g/mol. The van der Waals surface area contributed by atoms with Crippen molar-refractivity contribution in [3.8, 4) is 0 Å². The molecule has 0 aliphatic rings. The fraction of sp³-hybridized carbons (Fsp3) is 0. The van der Waals surface area contributed by atoms with Gasteiger partial charge in [0.2, 0.25) is 0 Å². The second-order valence-corrected chi connectivity index (χ2v) is 74.4. The minimum atomic E-state index is -7.30. The molecule has 9 rings (SSSR count). The molecule has 0 radical (unpaired) electrons. The van der Waals surface area contributed by atoms with Crippen LogP contribution in [-0.2, 0) is 10.2 Å². The predicted octanol–water partition coefficient (Wildman–Crippen LogP) is 12.2. The molecule has 69 heavy (non-hydrogen) atoms. The fourth-order valence-electron chi connectivity index (χ4n) is 9.79. The normalized spacial score (nSPS) is 13.6. The summed E-state index contributed by atoms with van der Waals surface area (Å²) in [6.45, 7) is 0. The fourth-order valence-corrected chi connectivity index (χ4v) is 142. The summed E-state index contributed by atoms with van der Waals surface area (Å²) in [7, 11) is 12.7. The Bertz CT molecular complexity index is 2570. The van der Waals surface area contributed by atoms with Gasteiger partial charge in [0.25, 0.3) is 0 Å². The zero-order valence-electron chi connectivity index (χ0n) is 35.8. The van der Waals surface area contributed by atoms with E-state index in [1.165, 1.54) is 218 Å². The van der Waals surface area contributed by atoms with Crippen molar-refractivity contribution >= 4 is 83.9 Å². The van der Waals surface area contributed by atoms with E-state index in [1.807, 2.05) is 0 Å². The molecule has 355 valence electrons. The Labute approximate surface area is 401 Å². The van der Waals surface area contributed by atoms with Crippen LogP contribution in [-0.4, -0.2) is 0 Å². The summed E-state index contributed by atoms with van der Waals surface area (Å²) in [5, 5.41) is 2.78. The Morgan fingerprint density at radius 1 is 0.188 bits per heavy atom. The van der Waals surface area contributed by atoms with Crippen molar-refractivity contribution in [2.45, 2.75) is 0 Å². The van der Waals surface area contributed by atoms with E-state index in [1.54, 1.807) is 0 Å². The molecule has 0 saturated carbocycles. The summed E-state index contributed by atoms with van der Waals surface area (Å²) in [6.07, 6.45) is 0. The van der Waals surface area contributed by atoms with Gasteiger partial charge in [-0.25, -0.2) is 0 Å². The Hall–Kier alpha value is -5.16. The molecule has 9 aromatic rings. The Balaban J connectivity index is 1.78. The number of benzene rings is 9. The van der Waals surface area contributed by atoms with Crippen LogP contribution in [0.4, 0.5) is 39.5 Å². The molecule has 0 nitrogen and oxygen atoms in total. The van der Waals surface area contributed by atoms with Crippen LogP contribution in [0.15, 0.2) is 218 Å². The third-order valence-corrected chi connectivity index (χ3v) is 109. The van der Waals surface area contributed by atoms with Crippen molar-refractivity contribution in [3.63, 3.8) is 0 Å². The van der Waals surface area contributed by atoms with Gasteiger partial charge in [0, 0.05) is 0 Å². The summed E-state index contributed by atoms with van der Waals surface area (Å²) in [4.78, 5) is 0. The van der Waals surface area contributed by atoms with E-state index in [9.17, 15) is 19.4 Å². The van der Waals surface area contributed by atoms with Crippen LogP contribution in [0.2, 0.25) is 0 Å². The summed E-state index contributed by atoms with van der Waals surface area (Å²) in [6, 6.07) is 48.9. The minimum absolute atomic E-state index is 0.309. The Morgan fingerprint density at radius 3 is 0.362 bits per heavy atom. The first-order valence-corrected chi connectivity index (χ1v) is 39.0. The maximum absolute atomic E-state index is 15.7. The van der Waals surface area contributed by atoms with E-state index in [-0.39, 0.29) is 0 Å². The molecule has 0 heterocycles. The van der Waals surface area contributed by atoms with Crippen LogP contribution >= 0.6 is 36.2 Å². The van der Waals surface area contributed by atoms with E-state index in [0.717, 1.165) is 0 Å². The SMILES string of the molecule is Fc1ccc([PH](c2ccc(F)cc2)(c2ccc(F)cc2)[Ru]([Cl])([Cl])([PH](c2ccc(F)cc2)(c2ccc(F)cc2)c2ccc(F)cc2)[PH](c2ccc(F)cc2)(c2ccc(F)cc2)c2ccc(F)cc2)cc1. The van der Waals surface area contributed by atoms with Crippen molar-refractivity contribution in [2.24, 2.45) is 0 Å². The van der Waals surface area contributed by atoms with E-state index in [0.29, 0.717) is 47.7 Å². The van der Waals surface area contributed by atoms with Crippen molar-refractivity contribution in [1.29, 1.82) is 0 Å². The van der Waals surface area contributed by atoms with Crippen LogP contribution in [0.5, 0.6) is 0 Å². The van der Waals surface area contributed by atoms with Gasteiger partial charge < -0.3 is 0 Å². The molecule has 9 aromatic carbocycles. The van der Waals surface area contributed by atoms with Gasteiger partial charge in [-0.3, -0.25) is 0 Å². The molecule has 15 heteroatoms. The van der Waals surface area contributed by atoms with Crippen molar-refractivity contribution in [2.75, 3.05) is 0 Å². The average Bonchev–Trinajstić information content (AvgIpc) is 3.34. The third-order valence-electron chi connectivity index (χ3n) is 12.5. The maximum atomic E-state index is 15.7. The molecule has 0 unspecified atom stereocenters. The topological polar surface area (TPSA) is 0 Å². The first-order chi connectivity index (χ1) is 33.1. The van der Waals surface area contributed by atoms with Crippen LogP contribution in [0.1, 0.15) is 0 Å². The average molecular weight is 1120 g/mol. The second-order valence-electron chi connectivity index (χ2n) is 16.2. The van der Waals surface area contributed by atoms with Crippen molar-refractivity contribution < 1.29 is 49.7 Å². The Kier molecular flexibility index (Phi) is 13.4. The van der Waals surface area contributed by atoms with Crippen LogP contribution < -0.4 is 47.7 Å². The first kappa shape index (κ1) is 48.8. The Morgan fingerprint density at radius 2 is 0.275 bits per heavy atom. The standard InChI is InChI=1S/3C18H12F3P.2ClH.Ru/c3*19-13-1-7-16(8-2-13)22(17-9-3-14(20)4-10-17)18-11-5-15(21)6-12-18;;;/h3*1-12H;2*1H;/q;;;;;-1/p+1. The van der Waals surface area contributed by atoms with Crippen molar-refractivity contribution in [1.82, 2.24) is 0 Å². The molecule has 0 bridgehead atoms. The molecule has 0 aromatic heterocycles. The number of hydrogen-bond donors (Lipinski definition) is 0. The van der Waals surface area contributed by atoms with Gasteiger partial charge in [0.15, 0.2) is 0 Å². The summed E-state index contributed by atoms with van der Waals surface area (Å²) < 4.78 is 142. The molecular formula is C54H39Cl2F9P3Ru. The van der Waals surface area contributed by atoms with Gasteiger partial charge in [0.05, 0.1) is 0 Å². The first-order valence-electron chi connectivity index (χ1n) is 21.1. The summed E-state index contributed by atoms with van der Waals surface area (Å²) >= 11 is 0. The van der Waals surface area contributed by atoms with Crippen molar-refractivity contribution in [3.05, 3.63) is 271 Å². The van der Waals surface area contributed by atoms with E-state index in [4.69, 9.17) is 0 Å². The van der Waals surface area contributed by atoms with Gasteiger partial charge in [-0.15, -0.1) is 0 Å².